The first kappa shape index (κ1) is 19.3. The summed E-state index contributed by atoms with van der Waals surface area (Å²) >= 11 is 12.0. The number of esters is 1. The molecule has 0 aromatic heterocycles. The van der Waals surface area contributed by atoms with Crippen molar-refractivity contribution in [1.82, 2.24) is 5.32 Å². The highest BCUT2D eigenvalue weighted by Gasteiger charge is 2.24. The first-order valence-electron chi connectivity index (χ1n) is 8.20. The van der Waals surface area contributed by atoms with Crippen LogP contribution < -0.4 is 14.8 Å². The van der Waals surface area contributed by atoms with Gasteiger partial charge in [0.25, 0.3) is 5.91 Å². The summed E-state index contributed by atoms with van der Waals surface area (Å²) < 4.78 is 15.9. The predicted octanol–water partition coefficient (Wildman–Crippen LogP) is 3.28. The number of methoxy groups -OCH3 is 1. The number of carbonyl (C=O) groups is 2. The van der Waals surface area contributed by atoms with Gasteiger partial charge in [-0.05, 0) is 35.9 Å². The highest BCUT2D eigenvalue weighted by molar-refractivity contribution is 6.35. The summed E-state index contributed by atoms with van der Waals surface area (Å²) in [6.45, 7) is 0.953. The lowest BCUT2D eigenvalue weighted by atomic mass is 10.0. The summed E-state index contributed by atoms with van der Waals surface area (Å²) in [6, 6.07) is 9.00. The Morgan fingerprint density at radius 2 is 1.85 bits per heavy atom. The van der Waals surface area contributed by atoms with Gasteiger partial charge in [-0.2, -0.15) is 0 Å². The first-order valence-corrected chi connectivity index (χ1v) is 8.96. The van der Waals surface area contributed by atoms with Crippen molar-refractivity contribution >= 4 is 35.1 Å². The van der Waals surface area contributed by atoms with E-state index >= 15 is 0 Å². The van der Waals surface area contributed by atoms with E-state index in [1.54, 1.807) is 18.2 Å². The summed E-state index contributed by atoms with van der Waals surface area (Å²) in [7, 11) is 1.26. The van der Waals surface area contributed by atoms with Crippen LogP contribution in [0.15, 0.2) is 36.4 Å². The van der Waals surface area contributed by atoms with Crippen LogP contribution in [0.1, 0.15) is 15.9 Å². The second kappa shape index (κ2) is 8.50. The van der Waals surface area contributed by atoms with Gasteiger partial charge in [0, 0.05) is 11.4 Å². The fourth-order valence-electron chi connectivity index (χ4n) is 2.69. The summed E-state index contributed by atoms with van der Waals surface area (Å²) in [5, 5.41) is 3.25. The Hall–Kier alpha value is -2.44. The molecular weight excluding hydrogens is 393 g/mol. The average Bonchev–Trinajstić information content (AvgIpc) is 2.68. The third kappa shape index (κ3) is 4.64. The Labute approximate surface area is 166 Å². The van der Waals surface area contributed by atoms with Crippen LogP contribution in [0.25, 0.3) is 0 Å². The van der Waals surface area contributed by atoms with Gasteiger partial charge in [-0.15, -0.1) is 0 Å². The van der Waals surface area contributed by atoms with E-state index in [1.807, 2.05) is 6.07 Å². The number of carbonyl (C=O) groups excluding carboxylic acids is 2. The summed E-state index contributed by atoms with van der Waals surface area (Å²) in [6.07, 6.45) is 0.216. The molecule has 0 spiro atoms. The molecule has 1 amide bonds. The lowest BCUT2D eigenvalue weighted by Crippen LogP contribution is -2.43. The molecule has 1 heterocycles. The summed E-state index contributed by atoms with van der Waals surface area (Å²) in [5.74, 6) is 0.160. The maximum atomic E-state index is 12.6. The predicted molar refractivity (Wildman–Crippen MR) is 101 cm³/mol. The molecule has 27 heavy (non-hydrogen) atoms. The van der Waals surface area contributed by atoms with Crippen LogP contribution in [0.5, 0.6) is 11.5 Å². The molecule has 0 aliphatic carbocycles. The number of nitrogens with one attached hydrogen (secondary N) is 1. The van der Waals surface area contributed by atoms with E-state index in [2.05, 4.69) is 5.32 Å². The molecule has 2 aromatic rings. The fraction of sp³-hybridized carbons (Fsp3) is 0.263. The van der Waals surface area contributed by atoms with Gasteiger partial charge in [0.1, 0.15) is 19.3 Å². The molecule has 1 unspecified atom stereocenters. The van der Waals surface area contributed by atoms with E-state index < -0.39 is 17.9 Å². The Bertz CT molecular complexity index is 871. The van der Waals surface area contributed by atoms with Crippen molar-refractivity contribution in [1.29, 1.82) is 0 Å². The van der Waals surface area contributed by atoms with Crippen LogP contribution in [-0.4, -0.2) is 38.2 Å². The highest BCUT2D eigenvalue weighted by Crippen LogP contribution is 2.31. The normalized spacial score (nSPS) is 13.6. The third-order valence-electron chi connectivity index (χ3n) is 4.01. The van der Waals surface area contributed by atoms with E-state index in [0.717, 1.165) is 5.56 Å². The minimum atomic E-state index is -0.903. The number of halogens is 2. The third-order valence-corrected chi connectivity index (χ3v) is 4.58. The second-order valence-electron chi connectivity index (χ2n) is 5.86. The van der Waals surface area contributed by atoms with Crippen LogP contribution >= 0.6 is 23.2 Å². The van der Waals surface area contributed by atoms with Gasteiger partial charge < -0.3 is 19.5 Å². The number of hydrogen-bond donors (Lipinski definition) is 1. The molecule has 1 N–H and O–H groups in total. The molecule has 1 atom stereocenters. The first-order chi connectivity index (χ1) is 13.0. The van der Waals surface area contributed by atoms with Gasteiger partial charge in [0.05, 0.1) is 17.7 Å². The second-order valence-corrected chi connectivity index (χ2v) is 6.70. The van der Waals surface area contributed by atoms with Crippen molar-refractivity contribution in [2.24, 2.45) is 0 Å². The van der Waals surface area contributed by atoms with Crippen molar-refractivity contribution in [3.63, 3.8) is 0 Å². The molecule has 1 aliphatic heterocycles. The number of fused-ring (bicyclic) bond motifs is 1. The van der Waals surface area contributed by atoms with Crippen LogP contribution in [0.2, 0.25) is 10.0 Å². The van der Waals surface area contributed by atoms with E-state index in [9.17, 15) is 9.59 Å². The van der Waals surface area contributed by atoms with Crippen molar-refractivity contribution in [2.45, 2.75) is 12.5 Å². The molecule has 2 aromatic carbocycles. The lowest BCUT2D eigenvalue weighted by Gasteiger charge is -2.21. The Kier molecular flexibility index (Phi) is 6.08. The molecule has 8 heteroatoms. The fourth-order valence-corrected chi connectivity index (χ4v) is 3.07. The Balaban J connectivity index is 1.79. The number of hydrogen-bond acceptors (Lipinski definition) is 5. The molecule has 142 valence electrons. The maximum Gasteiger partial charge on any atom is 0.328 e. The molecule has 6 nitrogen and oxygen atoms in total. The van der Waals surface area contributed by atoms with E-state index in [-0.39, 0.29) is 17.0 Å². The zero-order chi connectivity index (χ0) is 19.4. The molecule has 0 bridgehead atoms. The van der Waals surface area contributed by atoms with E-state index in [4.69, 9.17) is 37.4 Å². The molecular formula is C19H17Cl2NO5. The summed E-state index contributed by atoms with van der Waals surface area (Å²) in [5.41, 5.74) is 0.965. The maximum absolute atomic E-state index is 12.6. The molecule has 0 radical (unpaired) electrons. The van der Waals surface area contributed by atoms with Crippen molar-refractivity contribution < 1.29 is 23.8 Å². The Morgan fingerprint density at radius 1 is 1.11 bits per heavy atom. The van der Waals surface area contributed by atoms with Crippen LogP contribution in [-0.2, 0) is 16.0 Å². The standard InChI is InChI=1S/C19H17Cl2NO5/c1-25-19(24)15(22-18(23)13-10-12(20)3-4-14(13)21)8-11-2-5-16-17(9-11)27-7-6-26-16/h2-5,9-10,15H,6-8H2,1H3,(H,22,23). The van der Waals surface area contributed by atoms with Crippen molar-refractivity contribution in [2.75, 3.05) is 20.3 Å². The lowest BCUT2D eigenvalue weighted by molar-refractivity contribution is -0.142. The minimum Gasteiger partial charge on any atom is -0.486 e. The monoisotopic (exact) mass is 409 g/mol. The van der Waals surface area contributed by atoms with Crippen molar-refractivity contribution in [3.05, 3.63) is 57.6 Å². The number of rotatable bonds is 5. The topological polar surface area (TPSA) is 73.9 Å². The number of benzene rings is 2. The van der Waals surface area contributed by atoms with E-state index in [0.29, 0.717) is 29.7 Å². The number of amides is 1. The van der Waals surface area contributed by atoms with Crippen LogP contribution in [0.3, 0.4) is 0 Å². The largest absolute Gasteiger partial charge is 0.486 e. The molecule has 1 aliphatic rings. The van der Waals surface area contributed by atoms with E-state index in [1.165, 1.54) is 19.2 Å². The van der Waals surface area contributed by atoms with Crippen molar-refractivity contribution in [3.8, 4) is 11.5 Å². The van der Waals surface area contributed by atoms with Gasteiger partial charge >= 0.3 is 5.97 Å². The van der Waals surface area contributed by atoms with Gasteiger partial charge in [0.15, 0.2) is 11.5 Å². The zero-order valence-electron chi connectivity index (χ0n) is 14.5. The molecule has 3 rings (SSSR count). The SMILES string of the molecule is COC(=O)C(Cc1ccc2c(c1)OCCO2)NC(=O)c1cc(Cl)ccc1Cl. The average molecular weight is 410 g/mol. The smallest absolute Gasteiger partial charge is 0.328 e. The van der Waals surface area contributed by atoms with Gasteiger partial charge in [-0.25, -0.2) is 4.79 Å². The molecule has 0 saturated heterocycles. The van der Waals surface area contributed by atoms with Gasteiger partial charge in [0.2, 0.25) is 0 Å². The molecule has 0 fully saturated rings. The zero-order valence-corrected chi connectivity index (χ0v) is 16.0. The quantitative estimate of drug-likeness (QED) is 0.766. The minimum absolute atomic E-state index is 0.181. The summed E-state index contributed by atoms with van der Waals surface area (Å²) in [4.78, 5) is 24.7. The molecule has 0 saturated carbocycles. The van der Waals surface area contributed by atoms with Gasteiger partial charge in [-0.1, -0.05) is 29.3 Å². The van der Waals surface area contributed by atoms with Crippen LogP contribution in [0, 0.1) is 0 Å². The highest BCUT2D eigenvalue weighted by atomic mass is 35.5. The van der Waals surface area contributed by atoms with Gasteiger partial charge in [-0.3, -0.25) is 4.79 Å². The Morgan fingerprint density at radius 3 is 2.59 bits per heavy atom. The number of ether oxygens (including phenoxy) is 3. The van der Waals surface area contributed by atoms with Crippen LogP contribution in [0.4, 0.5) is 0 Å².